The smallest absolute Gasteiger partial charge is 0.121 e. The number of hydrazine groups is 1. The van der Waals surface area contributed by atoms with Crippen LogP contribution in [0, 0.1) is 0 Å². The Morgan fingerprint density at radius 2 is 2.08 bits per heavy atom. The largest absolute Gasteiger partial charge is 0.497 e. The standard InChI is InChI=1S/C9H15N3O/c1-12(2)11-9-6-7(13-3)4-5-8(9)10/h4-6,11H,10H2,1-3H3. The van der Waals surface area contributed by atoms with Crippen molar-refractivity contribution in [1.29, 1.82) is 0 Å². The van der Waals surface area contributed by atoms with Crippen molar-refractivity contribution >= 4 is 11.4 Å². The zero-order valence-corrected chi connectivity index (χ0v) is 8.16. The van der Waals surface area contributed by atoms with E-state index in [1.165, 1.54) is 0 Å². The molecule has 0 saturated heterocycles. The van der Waals surface area contributed by atoms with E-state index in [4.69, 9.17) is 10.5 Å². The van der Waals surface area contributed by atoms with Crippen LogP contribution in [0.4, 0.5) is 11.4 Å². The molecular weight excluding hydrogens is 166 g/mol. The summed E-state index contributed by atoms with van der Waals surface area (Å²) in [4.78, 5) is 0. The van der Waals surface area contributed by atoms with Crippen LogP contribution in [0.5, 0.6) is 5.75 Å². The van der Waals surface area contributed by atoms with Crippen molar-refractivity contribution in [1.82, 2.24) is 5.01 Å². The van der Waals surface area contributed by atoms with Crippen LogP contribution < -0.4 is 15.9 Å². The molecule has 1 aromatic carbocycles. The van der Waals surface area contributed by atoms with Gasteiger partial charge in [-0.05, 0) is 12.1 Å². The fourth-order valence-corrected chi connectivity index (χ4v) is 1.00. The molecule has 0 amide bonds. The van der Waals surface area contributed by atoms with Crippen LogP contribution in [0.2, 0.25) is 0 Å². The maximum Gasteiger partial charge on any atom is 0.121 e. The van der Waals surface area contributed by atoms with Crippen molar-refractivity contribution in [3.8, 4) is 5.75 Å². The quantitative estimate of drug-likeness (QED) is 0.543. The van der Waals surface area contributed by atoms with E-state index in [0.717, 1.165) is 11.4 Å². The minimum Gasteiger partial charge on any atom is -0.497 e. The third-order valence-corrected chi connectivity index (χ3v) is 1.60. The van der Waals surface area contributed by atoms with Gasteiger partial charge in [0.25, 0.3) is 0 Å². The molecule has 1 aromatic rings. The van der Waals surface area contributed by atoms with Crippen LogP contribution in [0.1, 0.15) is 0 Å². The summed E-state index contributed by atoms with van der Waals surface area (Å²) in [6.45, 7) is 0. The number of hydrogen-bond donors (Lipinski definition) is 2. The van der Waals surface area contributed by atoms with Gasteiger partial charge in [0, 0.05) is 20.2 Å². The normalized spacial score (nSPS) is 10.2. The van der Waals surface area contributed by atoms with E-state index in [1.807, 2.05) is 37.3 Å². The Morgan fingerprint density at radius 3 is 2.62 bits per heavy atom. The van der Waals surface area contributed by atoms with Crippen LogP contribution >= 0.6 is 0 Å². The first-order valence-corrected chi connectivity index (χ1v) is 4.01. The van der Waals surface area contributed by atoms with Gasteiger partial charge in [-0.25, -0.2) is 5.01 Å². The Morgan fingerprint density at radius 1 is 1.38 bits per heavy atom. The van der Waals surface area contributed by atoms with Gasteiger partial charge in [-0.2, -0.15) is 0 Å². The van der Waals surface area contributed by atoms with Crippen LogP contribution in [-0.2, 0) is 0 Å². The lowest BCUT2D eigenvalue weighted by Gasteiger charge is -2.15. The first kappa shape index (κ1) is 9.67. The third kappa shape index (κ3) is 2.52. The first-order valence-electron chi connectivity index (χ1n) is 4.01. The first-order chi connectivity index (χ1) is 6.13. The van der Waals surface area contributed by atoms with E-state index >= 15 is 0 Å². The van der Waals surface area contributed by atoms with Gasteiger partial charge in [-0.3, -0.25) is 0 Å². The van der Waals surface area contributed by atoms with Gasteiger partial charge < -0.3 is 15.9 Å². The maximum absolute atomic E-state index is 5.75. The van der Waals surface area contributed by atoms with Crippen molar-refractivity contribution in [2.45, 2.75) is 0 Å². The SMILES string of the molecule is COc1ccc(N)c(NN(C)C)c1. The monoisotopic (exact) mass is 181 g/mol. The number of hydrogen-bond acceptors (Lipinski definition) is 4. The summed E-state index contributed by atoms with van der Waals surface area (Å²) >= 11 is 0. The molecule has 0 radical (unpaired) electrons. The summed E-state index contributed by atoms with van der Waals surface area (Å²) in [6.07, 6.45) is 0. The molecule has 0 atom stereocenters. The summed E-state index contributed by atoms with van der Waals surface area (Å²) in [5.74, 6) is 0.790. The maximum atomic E-state index is 5.75. The molecule has 0 unspecified atom stereocenters. The van der Waals surface area contributed by atoms with E-state index in [1.54, 1.807) is 7.11 Å². The summed E-state index contributed by atoms with van der Waals surface area (Å²) in [6, 6.07) is 5.50. The fourth-order valence-electron chi connectivity index (χ4n) is 1.00. The summed E-state index contributed by atoms with van der Waals surface area (Å²) in [5, 5.41) is 1.82. The average Bonchev–Trinajstić information content (AvgIpc) is 2.08. The van der Waals surface area contributed by atoms with E-state index in [-0.39, 0.29) is 0 Å². The number of nitrogens with zero attached hydrogens (tertiary/aromatic N) is 1. The van der Waals surface area contributed by atoms with Crippen molar-refractivity contribution in [3.63, 3.8) is 0 Å². The van der Waals surface area contributed by atoms with E-state index < -0.39 is 0 Å². The third-order valence-electron chi connectivity index (χ3n) is 1.60. The molecule has 72 valence electrons. The Labute approximate surface area is 78.3 Å². The number of anilines is 2. The average molecular weight is 181 g/mol. The lowest BCUT2D eigenvalue weighted by Crippen LogP contribution is -2.20. The van der Waals surface area contributed by atoms with Gasteiger partial charge in [0.05, 0.1) is 18.5 Å². The lowest BCUT2D eigenvalue weighted by molar-refractivity contribution is 0.414. The zero-order chi connectivity index (χ0) is 9.84. The highest BCUT2D eigenvalue weighted by Gasteiger charge is 2.00. The van der Waals surface area contributed by atoms with Gasteiger partial charge in [-0.1, -0.05) is 0 Å². The number of methoxy groups -OCH3 is 1. The van der Waals surface area contributed by atoms with Crippen molar-refractivity contribution < 1.29 is 4.74 Å². The highest BCUT2D eigenvalue weighted by atomic mass is 16.5. The molecule has 0 fully saturated rings. The second kappa shape index (κ2) is 4.00. The van der Waals surface area contributed by atoms with Crippen LogP contribution in [0.15, 0.2) is 18.2 Å². The van der Waals surface area contributed by atoms with Crippen molar-refractivity contribution in [2.24, 2.45) is 0 Å². The number of nitrogen functional groups attached to an aromatic ring is 1. The molecular formula is C9H15N3O. The Balaban J connectivity index is 2.90. The topological polar surface area (TPSA) is 50.5 Å². The number of nitrogens with two attached hydrogens (primary N) is 1. The van der Waals surface area contributed by atoms with Gasteiger partial charge >= 0.3 is 0 Å². The minimum absolute atomic E-state index is 0.703. The molecule has 0 bridgehead atoms. The molecule has 13 heavy (non-hydrogen) atoms. The number of ether oxygens (including phenoxy) is 1. The highest BCUT2D eigenvalue weighted by molar-refractivity contribution is 5.67. The lowest BCUT2D eigenvalue weighted by atomic mass is 10.2. The zero-order valence-electron chi connectivity index (χ0n) is 8.16. The van der Waals surface area contributed by atoms with E-state index in [9.17, 15) is 0 Å². The van der Waals surface area contributed by atoms with Crippen molar-refractivity contribution in [3.05, 3.63) is 18.2 Å². The Hall–Kier alpha value is -1.42. The number of benzene rings is 1. The second-order valence-corrected chi connectivity index (χ2v) is 2.96. The predicted octanol–water partition coefficient (Wildman–Crippen LogP) is 1.17. The Kier molecular flexibility index (Phi) is 2.97. The van der Waals surface area contributed by atoms with Gasteiger partial charge in [0.1, 0.15) is 5.75 Å². The summed E-state index contributed by atoms with van der Waals surface area (Å²) in [7, 11) is 5.43. The molecule has 0 aliphatic carbocycles. The second-order valence-electron chi connectivity index (χ2n) is 2.96. The van der Waals surface area contributed by atoms with Crippen LogP contribution in [0.25, 0.3) is 0 Å². The molecule has 3 N–H and O–H groups in total. The predicted molar refractivity (Wildman–Crippen MR) is 54.7 cm³/mol. The number of nitrogens with one attached hydrogen (secondary N) is 1. The molecule has 4 heteroatoms. The highest BCUT2D eigenvalue weighted by Crippen LogP contribution is 2.24. The molecule has 4 nitrogen and oxygen atoms in total. The van der Waals surface area contributed by atoms with Crippen LogP contribution in [0.3, 0.4) is 0 Å². The van der Waals surface area contributed by atoms with Crippen molar-refractivity contribution in [2.75, 3.05) is 32.4 Å². The molecule has 0 saturated carbocycles. The molecule has 0 spiro atoms. The van der Waals surface area contributed by atoms with Gasteiger partial charge in [0.15, 0.2) is 0 Å². The van der Waals surface area contributed by atoms with Gasteiger partial charge in [-0.15, -0.1) is 0 Å². The molecule has 0 aliphatic heterocycles. The van der Waals surface area contributed by atoms with Gasteiger partial charge in [0.2, 0.25) is 0 Å². The summed E-state index contributed by atoms with van der Waals surface area (Å²) < 4.78 is 5.08. The minimum atomic E-state index is 0.703. The van der Waals surface area contributed by atoms with E-state index in [2.05, 4.69) is 5.43 Å². The molecule has 1 rings (SSSR count). The summed E-state index contributed by atoms with van der Waals surface area (Å²) in [5.41, 5.74) is 10.4. The molecule has 0 aromatic heterocycles. The fraction of sp³-hybridized carbons (Fsp3) is 0.333. The van der Waals surface area contributed by atoms with E-state index in [0.29, 0.717) is 5.69 Å². The Bertz CT molecular complexity index is 286. The van der Waals surface area contributed by atoms with Crippen LogP contribution in [-0.4, -0.2) is 26.2 Å². The molecule has 0 aliphatic rings. The molecule has 0 heterocycles. The number of rotatable bonds is 3.